The maximum Gasteiger partial charge on any atom is 0.165 e. The summed E-state index contributed by atoms with van der Waals surface area (Å²) in [5.74, 6) is -1.75. The lowest BCUT2D eigenvalue weighted by Gasteiger charge is -2.28. The van der Waals surface area contributed by atoms with Gasteiger partial charge in [0.15, 0.2) is 11.6 Å². The van der Waals surface area contributed by atoms with Gasteiger partial charge in [0.05, 0.1) is 5.60 Å². The van der Waals surface area contributed by atoms with Gasteiger partial charge in [-0.1, -0.05) is 12.1 Å². The SMILES string of the molecule is Cc1ccc(C2(O)CCCN(C)CC2)c(F)c1F. The minimum atomic E-state index is -1.25. The van der Waals surface area contributed by atoms with Crippen molar-refractivity contribution in [1.82, 2.24) is 4.90 Å². The molecule has 1 atom stereocenters. The summed E-state index contributed by atoms with van der Waals surface area (Å²) in [6.07, 6.45) is 1.68. The van der Waals surface area contributed by atoms with E-state index in [1.807, 2.05) is 7.05 Å². The van der Waals surface area contributed by atoms with Gasteiger partial charge in [-0.15, -0.1) is 0 Å². The Morgan fingerprint density at radius 3 is 2.61 bits per heavy atom. The summed E-state index contributed by atoms with van der Waals surface area (Å²) in [4.78, 5) is 2.10. The highest BCUT2D eigenvalue weighted by Gasteiger charge is 2.34. The number of aliphatic hydroxyl groups is 1. The second kappa shape index (κ2) is 4.94. The first-order valence-corrected chi connectivity index (χ1v) is 6.30. The highest BCUT2D eigenvalue weighted by atomic mass is 19.2. The minimum absolute atomic E-state index is 0.0981. The Morgan fingerprint density at radius 2 is 1.89 bits per heavy atom. The molecule has 1 unspecified atom stereocenters. The van der Waals surface area contributed by atoms with Crippen LogP contribution in [0.5, 0.6) is 0 Å². The molecular formula is C14H19F2NO. The van der Waals surface area contributed by atoms with E-state index >= 15 is 0 Å². The van der Waals surface area contributed by atoms with Crippen LogP contribution in [0.2, 0.25) is 0 Å². The Morgan fingerprint density at radius 1 is 1.17 bits per heavy atom. The molecular weight excluding hydrogens is 236 g/mol. The lowest BCUT2D eigenvalue weighted by Crippen LogP contribution is -2.29. The molecule has 1 heterocycles. The predicted molar refractivity (Wildman–Crippen MR) is 66.3 cm³/mol. The number of likely N-dealkylation sites (tertiary alicyclic amines) is 1. The highest BCUT2D eigenvalue weighted by Crippen LogP contribution is 2.35. The fourth-order valence-electron chi connectivity index (χ4n) is 2.53. The van der Waals surface area contributed by atoms with Crippen molar-refractivity contribution in [2.24, 2.45) is 0 Å². The number of aryl methyl sites for hydroxylation is 1. The van der Waals surface area contributed by atoms with Crippen LogP contribution in [-0.2, 0) is 5.60 Å². The van der Waals surface area contributed by atoms with Crippen molar-refractivity contribution in [2.75, 3.05) is 20.1 Å². The fraction of sp³-hybridized carbons (Fsp3) is 0.571. The maximum absolute atomic E-state index is 14.0. The summed E-state index contributed by atoms with van der Waals surface area (Å²) in [6.45, 7) is 3.08. The van der Waals surface area contributed by atoms with E-state index in [0.717, 1.165) is 13.0 Å². The summed E-state index contributed by atoms with van der Waals surface area (Å²) >= 11 is 0. The van der Waals surface area contributed by atoms with E-state index < -0.39 is 17.2 Å². The quantitative estimate of drug-likeness (QED) is 0.833. The number of hydrogen-bond acceptors (Lipinski definition) is 2. The predicted octanol–water partition coefficient (Wildman–Crippen LogP) is 2.58. The van der Waals surface area contributed by atoms with Crippen LogP contribution in [0.25, 0.3) is 0 Å². The third-order valence-corrected chi connectivity index (χ3v) is 3.81. The van der Waals surface area contributed by atoms with E-state index in [1.54, 1.807) is 0 Å². The van der Waals surface area contributed by atoms with Crippen LogP contribution in [0.3, 0.4) is 0 Å². The number of halogens is 2. The average molecular weight is 255 g/mol. The zero-order chi connectivity index (χ0) is 13.3. The molecule has 0 bridgehead atoms. The largest absolute Gasteiger partial charge is 0.385 e. The number of rotatable bonds is 1. The molecule has 2 rings (SSSR count). The van der Waals surface area contributed by atoms with Gasteiger partial charge in [0.2, 0.25) is 0 Å². The monoisotopic (exact) mass is 255 g/mol. The average Bonchev–Trinajstić information content (AvgIpc) is 2.49. The molecule has 0 amide bonds. The number of nitrogens with zero attached hydrogens (tertiary/aromatic N) is 1. The molecule has 2 nitrogen and oxygen atoms in total. The van der Waals surface area contributed by atoms with E-state index in [2.05, 4.69) is 4.90 Å². The van der Waals surface area contributed by atoms with Gasteiger partial charge in [0.1, 0.15) is 0 Å². The van der Waals surface area contributed by atoms with Crippen molar-refractivity contribution >= 4 is 0 Å². The Balaban J connectivity index is 2.37. The van der Waals surface area contributed by atoms with Gasteiger partial charge in [-0.25, -0.2) is 8.78 Å². The van der Waals surface area contributed by atoms with Gasteiger partial charge < -0.3 is 10.0 Å². The smallest absolute Gasteiger partial charge is 0.165 e. The van der Waals surface area contributed by atoms with Crippen molar-refractivity contribution in [2.45, 2.75) is 31.8 Å². The summed E-state index contributed by atoms with van der Waals surface area (Å²) in [5.41, 5.74) is -0.880. The molecule has 1 fully saturated rings. The van der Waals surface area contributed by atoms with Crippen LogP contribution in [0.4, 0.5) is 8.78 Å². The molecule has 100 valence electrons. The molecule has 1 aromatic carbocycles. The van der Waals surface area contributed by atoms with E-state index in [0.29, 0.717) is 19.4 Å². The third-order valence-electron chi connectivity index (χ3n) is 3.81. The molecule has 0 aromatic heterocycles. The number of hydrogen-bond donors (Lipinski definition) is 1. The van der Waals surface area contributed by atoms with Crippen LogP contribution in [0.1, 0.15) is 30.4 Å². The first-order chi connectivity index (χ1) is 8.44. The van der Waals surface area contributed by atoms with Crippen LogP contribution < -0.4 is 0 Å². The van der Waals surface area contributed by atoms with Gasteiger partial charge in [0.25, 0.3) is 0 Å². The Labute approximate surface area is 106 Å². The van der Waals surface area contributed by atoms with Crippen LogP contribution in [0, 0.1) is 18.6 Å². The molecule has 0 radical (unpaired) electrons. The van der Waals surface area contributed by atoms with Crippen molar-refractivity contribution in [1.29, 1.82) is 0 Å². The van der Waals surface area contributed by atoms with Crippen LogP contribution in [-0.4, -0.2) is 30.1 Å². The molecule has 18 heavy (non-hydrogen) atoms. The van der Waals surface area contributed by atoms with Crippen molar-refractivity contribution in [3.05, 3.63) is 34.9 Å². The molecule has 0 saturated carbocycles. The Kier molecular flexibility index (Phi) is 3.69. The third kappa shape index (κ3) is 2.40. The van der Waals surface area contributed by atoms with Gasteiger partial charge >= 0.3 is 0 Å². The molecule has 1 aliphatic heterocycles. The zero-order valence-electron chi connectivity index (χ0n) is 10.8. The van der Waals surface area contributed by atoms with Gasteiger partial charge in [0, 0.05) is 12.1 Å². The summed E-state index contributed by atoms with van der Waals surface area (Å²) in [6, 6.07) is 3.04. The molecule has 1 N–H and O–H groups in total. The zero-order valence-corrected chi connectivity index (χ0v) is 10.8. The lowest BCUT2D eigenvalue weighted by atomic mass is 9.86. The van der Waals surface area contributed by atoms with Gasteiger partial charge in [-0.05, 0) is 45.3 Å². The second-order valence-corrected chi connectivity index (χ2v) is 5.25. The topological polar surface area (TPSA) is 23.5 Å². The van der Waals surface area contributed by atoms with Crippen molar-refractivity contribution < 1.29 is 13.9 Å². The van der Waals surface area contributed by atoms with E-state index in [4.69, 9.17) is 0 Å². The van der Waals surface area contributed by atoms with Crippen molar-refractivity contribution in [3.63, 3.8) is 0 Å². The van der Waals surface area contributed by atoms with Gasteiger partial charge in [-0.3, -0.25) is 0 Å². The van der Waals surface area contributed by atoms with Crippen LogP contribution in [0.15, 0.2) is 12.1 Å². The lowest BCUT2D eigenvalue weighted by molar-refractivity contribution is 0.0178. The highest BCUT2D eigenvalue weighted by molar-refractivity contribution is 5.30. The Hall–Kier alpha value is -1.00. The molecule has 1 aliphatic rings. The van der Waals surface area contributed by atoms with Gasteiger partial charge in [-0.2, -0.15) is 0 Å². The van der Waals surface area contributed by atoms with Crippen LogP contribution >= 0.6 is 0 Å². The summed E-state index contributed by atoms with van der Waals surface area (Å²) < 4.78 is 27.6. The molecule has 0 spiro atoms. The fourth-order valence-corrected chi connectivity index (χ4v) is 2.53. The normalized spacial score (nSPS) is 26.1. The van der Waals surface area contributed by atoms with E-state index in [1.165, 1.54) is 19.1 Å². The standard InChI is InChI=1S/C14H19F2NO/c1-10-4-5-11(13(16)12(10)15)14(18)6-3-8-17(2)9-7-14/h4-5,18H,3,6-9H2,1-2H3. The summed E-state index contributed by atoms with van der Waals surface area (Å²) in [7, 11) is 1.97. The van der Waals surface area contributed by atoms with E-state index in [-0.39, 0.29) is 11.1 Å². The molecule has 1 aromatic rings. The van der Waals surface area contributed by atoms with Crippen molar-refractivity contribution in [3.8, 4) is 0 Å². The molecule has 4 heteroatoms. The Bertz CT molecular complexity index is 450. The second-order valence-electron chi connectivity index (χ2n) is 5.25. The minimum Gasteiger partial charge on any atom is -0.385 e. The first-order valence-electron chi connectivity index (χ1n) is 6.30. The first kappa shape index (κ1) is 13.4. The summed E-state index contributed by atoms with van der Waals surface area (Å²) in [5, 5.41) is 10.6. The van der Waals surface area contributed by atoms with E-state index in [9.17, 15) is 13.9 Å². The number of benzene rings is 1. The molecule has 1 saturated heterocycles. The molecule has 0 aliphatic carbocycles. The maximum atomic E-state index is 14.0.